The average Bonchev–Trinajstić information content (AvgIpc) is 3.17. The SMILES string of the molecule is CC[C@H]1OC(=O)[C@@](C)(F)C(=O)[C@H](C)[C@@H](O[C@@H]2O[C@H](C)C[C@H](N(C)C(C)(C)C)[C@H]2O)[C@@]2(C)C[C@@H](C)C(=NC(C)=O)[C@H](C)[C@@H](OCC/C(=N\OCc3ccccc3)CO2)[C@]1(C)O. The number of ketones is 1. The van der Waals surface area contributed by atoms with Gasteiger partial charge in [0.05, 0.1) is 42.8 Å². The second kappa shape index (κ2) is 19.9. The van der Waals surface area contributed by atoms with Gasteiger partial charge in [-0.1, -0.05) is 63.2 Å². The van der Waals surface area contributed by atoms with Crippen LogP contribution in [0.2, 0.25) is 0 Å². The number of fused-ring (bicyclic) bond motifs is 5. The van der Waals surface area contributed by atoms with Crippen LogP contribution in [0.25, 0.3) is 0 Å². The highest BCUT2D eigenvalue weighted by Gasteiger charge is 2.56. The third kappa shape index (κ3) is 11.4. The Balaban J connectivity index is 1.97. The number of aliphatic hydroxyl groups excluding tert-OH is 1. The van der Waals surface area contributed by atoms with Gasteiger partial charge in [0.1, 0.15) is 24.4 Å². The first-order valence-corrected chi connectivity index (χ1v) is 21.3. The Morgan fingerprint density at radius 2 is 1.72 bits per heavy atom. The van der Waals surface area contributed by atoms with Crippen molar-refractivity contribution in [3.8, 4) is 0 Å². The molecule has 0 unspecified atom stereocenters. The van der Waals surface area contributed by atoms with Gasteiger partial charge in [0.15, 0.2) is 12.1 Å². The second-order valence-electron chi connectivity index (χ2n) is 18.6. The minimum absolute atomic E-state index is 0.0209. The van der Waals surface area contributed by atoms with Crippen molar-refractivity contribution in [1.82, 2.24) is 4.90 Å². The second-order valence-corrected chi connectivity index (χ2v) is 18.6. The third-order valence-corrected chi connectivity index (χ3v) is 12.6. The predicted octanol–water partition coefficient (Wildman–Crippen LogP) is 5.77. The lowest BCUT2D eigenvalue weighted by Crippen LogP contribution is -2.63. The van der Waals surface area contributed by atoms with Crippen LogP contribution in [0, 0.1) is 17.8 Å². The van der Waals surface area contributed by atoms with E-state index in [9.17, 15) is 24.6 Å². The Morgan fingerprint density at radius 1 is 1.07 bits per heavy atom. The molecule has 1 aromatic carbocycles. The topological polar surface area (TPSA) is 175 Å². The van der Waals surface area contributed by atoms with Crippen LogP contribution in [0.3, 0.4) is 0 Å². The summed E-state index contributed by atoms with van der Waals surface area (Å²) >= 11 is 0. The van der Waals surface area contributed by atoms with Gasteiger partial charge in [0.25, 0.3) is 5.67 Å². The molecule has 15 heteroatoms. The molecule has 3 aliphatic heterocycles. The van der Waals surface area contributed by atoms with E-state index in [0.29, 0.717) is 17.8 Å². The normalized spacial score (nSPS) is 39.4. The quantitative estimate of drug-likeness (QED) is 0.193. The van der Waals surface area contributed by atoms with Gasteiger partial charge in [-0.3, -0.25) is 14.5 Å². The number of alkyl halides is 1. The number of hydrogen-bond acceptors (Lipinski definition) is 13. The predicted molar refractivity (Wildman–Crippen MR) is 224 cm³/mol. The van der Waals surface area contributed by atoms with Crippen LogP contribution in [-0.4, -0.2) is 130 Å². The number of hydrogen-bond donors (Lipinski definition) is 2. The van der Waals surface area contributed by atoms with Gasteiger partial charge >= 0.3 is 5.97 Å². The van der Waals surface area contributed by atoms with Gasteiger partial charge in [-0.15, -0.1) is 0 Å². The number of esters is 1. The summed E-state index contributed by atoms with van der Waals surface area (Å²) in [7, 11) is 1.91. The molecule has 1 aromatic rings. The van der Waals surface area contributed by atoms with E-state index in [1.165, 1.54) is 20.8 Å². The standard InChI is InChI=1S/C45H70FN3O11/c1-14-34-45(12,54)39-28(4)35(47-30(6)50)26(2)23-43(10,56-25-32(20-21-55-39)48-57-24-31-18-16-15-17-19-31)38(29(5)37(52)44(11,46)41(53)59-34)60-40-36(51)33(22-27(3)58-40)49(13)42(7,8)9/h15-19,26-29,33-34,36,38-40,51,54H,14,20-25H2,1-13H3/b47-35?,48-32+/t26-,27-,28+,29+,33+,34-,36-,38-,39-,40+,43-,44+,45-/m1/s1. The molecular weight excluding hydrogens is 778 g/mol. The number of likely N-dealkylation sites (N-methyl/N-ethyl adjacent to an activating group) is 1. The zero-order valence-electron chi connectivity index (χ0n) is 37.9. The van der Waals surface area contributed by atoms with E-state index < -0.39 is 95.1 Å². The van der Waals surface area contributed by atoms with Crippen molar-refractivity contribution in [1.29, 1.82) is 0 Å². The number of benzene rings is 1. The summed E-state index contributed by atoms with van der Waals surface area (Å²) in [6, 6.07) is 9.05. The molecule has 4 rings (SSSR count). The van der Waals surface area contributed by atoms with Crippen LogP contribution in [0.4, 0.5) is 4.39 Å². The Kier molecular flexibility index (Phi) is 16.4. The van der Waals surface area contributed by atoms with Crippen molar-refractivity contribution in [2.75, 3.05) is 20.3 Å². The number of halogens is 1. The number of rotatable bonds is 7. The van der Waals surface area contributed by atoms with Crippen molar-refractivity contribution >= 4 is 29.1 Å². The van der Waals surface area contributed by atoms with Crippen LogP contribution >= 0.6 is 0 Å². The molecule has 3 saturated heterocycles. The summed E-state index contributed by atoms with van der Waals surface area (Å²) in [4.78, 5) is 53.6. The molecule has 3 aliphatic rings. The fraction of sp³-hybridized carbons (Fsp3) is 0.756. The molecule has 60 heavy (non-hydrogen) atoms. The van der Waals surface area contributed by atoms with Gasteiger partial charge in [0, 0.05) is 42.5 Å². The maximum absolute atomic E-state index is 17.0. The maximum atomic E-state index is 17.0. The molecule has 3 fully saturated rings. The molecule has 3 heterocycles. The highest BCUT2D eigenvalue weighted by atomic mass is 19.1. The van der Waals surface area contributed by atoms with E-state index in [1.54, 1.807) is 20.8 Å². The third-order valence-electron chi connectivity index (χ3n) is 12.6. The van der Waals surface area contributed by atoms with Crippen molar-refractivity contribution in [2.24, 2.45) is 27.9 Å². The summed E-state index contributed by atoms with van der Waals surface area (Å²) < 4.78 is 49.1. The number of Topliss-reactive ketones (excluding diaryl/α,β-unsaturated/α-hetero) is 1. The Bertz CT molecular complexity index is 1700. The van der Waals surface area contributed by atoms with E-state index in [-0.39, 0.29) is 44.6 Å². The molecule has 0 aliphatic carbocycles. The molecule has 0 saturated carbocycles. The summed E-state index contributed by atoms with van der Waals surface area (Å²) in [6.07, 6.45) is -6.16. The van der Waals surface area contributed by atoms with Crippen molar-refractivity contribution < 1.29 is 57.5 Å². The molecular formula is C45H70FN3O11. The van der Waals surface area contributed by atoms with Gasteiger partial charge in [-0.05, 0) is 86.3 Å². The first-order chi connectivity index (χ1) is 27.8. The lowest BCUT2D eigenvalue weighted by molar-refractivity contribution is -0.299. The highest BCUT2D eigenvalue weighted by Crippen LogP contribution is 2.41. The largest absolute Gasteiger partial charge is 0.457 e. The number of carbonyl (C=O) groups excluding carboxylic acids is 3. The first kappa shape index (κ1) is 49.5. The average molecular weight is 848 g/mol. The van der Waals surface area contributed by atoms with E-state index in [1.807, 2.05) is 76.9 Å². The Labute approximate surface area is 355 Å². The van der Waals surface area contributed by atoms with Crippen molar-refractivity contribution in [3.63, 3.8) is 0 Å². The van der Waals surface area contributed by atoms with Crippen LogP contribution in [0.1, 0.15) is 114 Å². The molecule has 0 radical (unpaired) electrons. The van der Waals surface area contributed by atoms with Crippen LogP contribution in [-0.2, 0) is 49.5 Å². The number of carbonyl (C=O) groups is 3. The van der Waals surface area contributed by atoms with Gasteiger partial charge in [-0.25, -0.2) is 14.2 Å². The van der Waals surface area contributed by atoms with E-state index in [4.69, 9.17) is 28.5 Å². The van der Waals surface area contributed by atoms with Crippen LogP contribution < -0.4 is 0 Å². The minimum atomic E-state index is -3.21. The van der Waals surface area contributed by atoms with Crippen LogP contribution in [0.5, 0.6) is 0 Å². The van der Waals surface area contributed by atoms with Crippen molar-refractivity contribution in [3.05, 3.63) is 35.9 Å². The summed E-state index contributed by atoms with van der Waals surface area (Å²) in [5, 5.41) is 28.8. The minimum Gasteiger partial charge on any atom is -0.457 e. The molecule has 0 spiro atoms. The lowest BCUT2D eigenvalue weighted by atomic mass is 9.73. The number of nitrogens with zero attached hydrogens (tertiary/aromatic N) is 3. The molecule has 13 atom stereocenters. The van der Waals surface area contributed by atoms with Gasteiger partial charge < -0.3 is 38.7 Å². The number of oxime groups is 1. The monoisotopic (exact) mass is 847 g/mol. The highest BCUT2D eigenvalue weighted by molar-refractivity contribution is 6.08. The van der Waals surface area contributed by atoms with Gasteiger partial charge in [0.2, 0.25) is 5.91 Å². The number of amides is 1. The molecule has 0 aromatic heterocycles. The Morgan fingerprint density at radius 3 is 2.32 bits per heavy atom. The first-order valence-electron chi connectivity index (χ1n) is 21.3. The fourth-order valence-electron chi connectivity index (χ4n) is 8.92. The summed E-state index contributed by atoms with van der Waals surface area (Å²) in [5.74, 6) is -5.97. The smallest absolute Gasteiger partial charge is 0.351 e. The number of ether oxygens (including phenoxy) is 5. The zero-order chi connectivity index (χ0) is 45.0. The Hall–Kier alpha value is -3.18. The number of aliphatic imine (C=N–C) groups is 1. The van der Waals surface area contributed by atoms with E-state index >= 15 is 4.39 Å². The number of aliphatic hydroxyl groups is 2. The fourth-order valence-corrected chi connectivity index (χ4v) is 8.92. The van der Waals surface area contributed by atoms with Gasteiger partial charge in [-0.2, -0.15) is 0 Å². The number of cyclic esters (lactones) is 1. The molecule has 1 amide bonds. The molecule has 2 bridgehead atoms. The summed E-state index contributed by atoms with van der Waals surface area (Å²) in [6.45, 7) is 19.9. The van der Waals surface area contributed by atoms with Crippen LogP contribution in [0.15, 0.2) is 40.5 Å². The summed E-state index contributed by atoms with van der Waals surface area (Å²) in [5.41, 5.74) is -5.43. The zero-order valence-corrected chi connectivity index (χ0v) is 37.9. The molecule has 14 nitrogen and oxygen atoms in total. The lowest BCUT2D eigenvalue weighted by Gasteiger charge is -2.50. The molecule has 338 valence electrons. The van der Waals surface area contributed by atoms with Crippen molar-refractivity contribution in [2.45, 2.75) is 181 Å². The van der Waals surface area contributed by atoms with E-state index in [2.05, 4.69) is 10.1 Å². The maximum Gasteiger partial charge on any atom is 0.351 e. The molecule has 2 N–H and O–H groups in total. The van der Waals surface area contributed by atoms with E-state index in [0.717, 1.165) is 12.5 Å².